The average molecular weight is 441 g/mol. The van der Waals surface area contributed by atoms with Crippen LogP contribution in [0.3, 0.4) is 0 Å². The number of carbonyl (C=O) groups is 1. The molecule has 0 saturated heterocycles. The van der Waals surface area contributed by atoms with E-state index in [-0.39, 0.29) is 18.3 Å². The predicted molar refractivity (Wildman–Crippen MR) is 123 cm³/mol. The Labute approximate surface area is 190 Å². The summed E-state index contributed by atoms with van der Waals surface area (Å²) in [5.41, 5.74) is 3.03. The SMILES string of the molecule is O=C1c2[nH]nc(-c3ccccc3O)c2[C@@H](c2cccc(Oc3ccccc3)c2)N1CCCO. The van der Waals surface area contributed by atoms with E-state index in [0.717, 1.165) is 5.56 Å². The smallest absolute Gasteiger partial charge is 0.273 e. The fourth-order valence-electron chi connectivity index (χ4n) is 4.27. The molecule has 166 valence electrons. The summed E-state index contributed by atoms with van der Waals surface area (Å²) >= 11 is 0. The Bertz CT molecular complexity index is 1290. The van der Waals surface area contributed by atoms with E-state index in [2.05, 4.69) is 10.2 Å². The van der Waals surface area contributed by atoms with E-state index in [9.17, 15) is 15.0 Å². The first-order valence-electron chi connectivity index (χ1n) is 10.8. The number of nitrogens with zero attached hydrogens (tertiary/aromatic N) is 2. The van der Waals surface area contributed by atoms with Crippen molar-refractivity contribution in [2.24, 2.45) is 0 Å². The van der Waals surface area contributed by atoms with Gasteiger partial charge in [-0.25, -0.2) is 0 Å². The topological polar surface area (TPSA) is 98.7 Å². The molecular weight excluding hydrogens is 418 g/mol. The normalized spacial score (nSPS) is 15.0. The van der Waals surface area contributed by atoms with Gasteiger partial charge in [0.1, 0.15) is 28.6 Å². The molecule has 1 amide bonds. The Morgan fingerprint density at radius 2 is 1.73 bits per heavy atom. The fourth-order valence-corrected chi connectivity index (χ4v) is 4.27. The van der Waals surface area contributed by atoms with Crippen molar-refractivity contribution in [2.75, 3.05) is 13.2 Å². The number of hydrogen-bond donors (Lipinski definition) is 3. The van der Waals surface area contributed by atoms with Gasteiger partial charge in [-0.1, -0.05) is 42.5 Å². The summed E-state index contributed by atoms with van der Waals surface area (Å²) in [6, 6.07) is 23.6. The number of carbonyl (C=O) groups excluding carboxylic acids is 1. The van der Waals surface area contributed by atoms with Crippen molar-refractivity contribution in [1.29, 1.82) is 0 Å². The number of hydrogen-bond acceptors (Lipinski definition) is 5. The lowest BCUT2D eigenvalue weighted by molar-refractivity contribution is 0.0732. The van der Waals surface area contributed by atoms with Gasteiger partial charge in [-0.15, -0.1) is 0 Å². The van der Waals surface area contributed by atoms with Crippen molar-refractivity contribution >= 4 is 5.91 Å². The third kappa shape index (κ3) is 3.83. The maximum Gasteiger partial charge on any atom is 0.273 e. The van der Waals surface area contributed by atoms with E-state index in [1.165, 1.54) is 0 Å². The molecule has 0 unspecified atom stereocenters. The Hall–Kier alpha value is -4.10. The number of para-hydroxylation sites is 2. The molecule has 5 rings (SSSR count). The molecule has 2 heterocycles. The zero-order valence-corrected chi connectivity index (χ0v) is 17.8. The third-order valence-electron chi connectivity index (χ3n) is 5.73. The Balaban J connectivity index is 1.60. The molecule has 1 aliphatic rings. The largest absolute Gasteiger partial charge is 0.507 e. The van der Waals surface area contributed by atoms with Crippen LogP contribution in [0.25, 0.3) is 11.3 Å². The summed E-state index contributed by atoms with van der Waals surface area (Å²) in [7, 11) is 0. The van der Waals surface area contributed by atoms with Gasteiger partial charge in [-0.3, -0.25) is 9.89 Å². The molecule has 0 fully saturated rings. The van der Waals surface area contributed by atoms with Crippen LogP contribution in [0.5, 0.6) is 17.2 Å². The van der Waals surface area contributed by atoms with E-state index in [0.29, 0.717) is 47.0 Å². The first kappa shape index (κ1) is 20.8. The Morgan fingerprint density at radius 1 is 0.970 bits per heavy atom. The molecule has 7 heteroatoms. The zero-order chi connectivity index (χ0) is 22.8. The van der Waals surface area contributed by atoms with Gasteiger partial charge in [0.05, 0.1) is 6.04 Å². The number of phenolic OH excluding ortho intramolecular Hbond substituents is 1. The second-order valence-electron chi connectivity index (χ2n) is 7.84. The van der Waals surface area contributed by atoms with Crippen LogP contribution in [0.2, 0.25) is 0 Å². The van der Waals surface area contributed by atoms with Crippen molar-refractivity contribution in [1.82, 2.24) is 15.1 Å². The van der Waals surface area contributed by atoms with Crippen molar-refractivity contribution < 1.29 is 19.7 Å². The summed E-state index contributed by atoms with van der Waals surface area (Å²) in [6.07, 6.45) is 0.450. The van der Waals surface area contributed by atoms with Gasteiger partial charge in [0.15, 0.2) is 0 Å². The summed E-state index contributed by atoms with van der Waals surface area (Å²) in [5.74, 6) is 1.27. The molecule has 0 radical (unpaired) electrons. The maximum absolute atomic E-state index is 13.3. The van der Waals surface area contributed by atoms with Gasteiger partial charge in [-0.05, 0) is 48.4 Å². The number of rotatable bonds is 7. The lowest BCUT2D eigenvalue weighted by Crippen LogP contribution is -2.31. The summed E-state index contributed by atoms with van der Waals surface area (Å²) in [6.45, 7) is 0.360. The van der Waals surface area contributed by atoms with Crippen molar-refractivity contribution in [3.8, 4) is 28.5 Å². The minimum atomic E-state index is -0.438. The van der Waals surface area contributed by atoms with Gasteiger partial charge in [0.25, 0.3) is 5.91 Å². The minimum Gasteiger partial charge on any atom is -0.507 e. The van der Waals surface area contributed by atoms with Crippen LogP contribution < -0.4 is 4.74 Å². The molecule has 0 spiro atoms. The van der Waals surface area contributed by atoms with E-state index in [1.807, 2.05) is 60.7 Å². The van der Waals surface area contributed by atoms with Crippen LogP contribution >= 0.6 is 0 Å². The van der Waals surface area contributed by atoms with Crippen molar-refractivity contribution in [2.45, 2.75) is 12.5 Å². The summed E-state index contributed by atoms with van der Waals surface area (Å²) < 4.78 is 6.02. The fraction of sp³-hybridized carbons (Fsp3) is 0.154. The van der Waals surface area contributed by atoms with Crippen LogP contribution in [0.1, 0.15) is 34.1 Å². The van der Waals surface area contributed by atoms with Gasteiger partial charge >= 0.3 is 0 Å². The second-order valence-corrected chi connectivity index (χ2v) is 7.84. The summed E-state index contributed by atoms with van der Waals surface area (Å²) in [4.78, 5) is 15.0. The first-order chi connectivity index (χ1) is 16.2. The molecule has 33 heavy (non-hydrogen) atoms. The number of phenols is 1. The number of amides is 1. The number of ether oxygens (including phenoxy) is 1. The van der Waals surface area contributed by atoms with Crippen LogP contribution in [0.15, 0.2) is 78.9 Å². The monoisotopic (exact) mass is 441 g/mol. The number of aromatic hydroxyl groups is 1. The predicted octanol–water partition coefficient (Wildman–Crippen LogP) is 4.50. The second kappa shape index (κ2) is 8.80. The number of benzene rings is 3. The molecule has 0 bridgehead atoms. The number of aromatic amines is 1. The molecule has 4 aromatic rings. The van der Waals surface area contributed by atoms with Gasteiger partial charge in [-0.2, -0.15) is 5.10 Å². The van der Waals surface area contributed by atoms with Gasteiger partial charge in [0.2, 0.25) is 0 Å². The number of H-pyrrole nitrogens is 1. The van der Waals surface area contributed by atoms with E-state index >= 15 is 0 Å². The quantitative estimate of drug-likeness (QED) is 0.392. The number of nitrogens with one attached hydrogen (secondary N) is 1. The molecule has 1 aromatic heterocycles. The van der Waals surface area contributed by atoms with Crippen LogP contribution in [-0.2, 0) is 0 Å². The lowest BCUT2D eigenvalue weighted by Gasteiger charge is -2.26. The van der Waals surface area contributed by atoms with Crippen LogP contribution in [0, 0.1) is 0 Å². The molecule has 0 aliphatic carbocycles. The van der Waals surface area contributed by atoms with Crippen molar-refractivity contribution in [3.63, 3.8) is 0 Å². The molecule has 1 aliphatic heterocycles. The molecule has 3 aromatic carbocycles. The van der Waals surface area contributed by atoms with Crippen LogP contribution in [0.4, 0.5) is 0 Å². The maximum atomic E-state index is 13.3. The number of aromatic nitrogens is 2. The Kier molecular flexibility index (Phi) is 5.54. The molecular formula is C26H23N3O4. The molecule has 0 saturated carbocycles. The lowest BCUT2D eigenvalue weighted by atomic mass is 9.95. The van der Waals surface area contributed by atoms with E-state index in [4.69, 9.17) is 4.74 Å². The average Bonchev–Trinajstić information content (AvgIpc) is 3.37. The molecule has 3 N–H and O–H groups in total. The molecule has 1 atom stereocenters. The van der Waals surface area contributed by atoms with Gasteiger partial charge in [0, 0.05) is 24.3 Å². The van der Waals surface area contributed by atoms with Crippen LogP contribution in [-0.4, -0.2) is 44.4 Å². The zero-order valence-electron chi connectivity index (χ0n) is 17.8. The third-order valence-corrected chi connectivity index (χ3v) is 5.73. The number of aliphatic hydroxyl groups is 1. The minimum absolute atomic E-state index is 0.0217. The van der Waals surface area contributed by atoms with E-state index in [1.54, 1.807) is 23.1 Å². The number of aliphatic hydroxyl groups excluding tert-OH is 1. The first-order valence-corrected chi connectivity index (χ1v) is 10.8. The summed E-state index contributed by atoms with van der Waals surface area (Å²) in [5, 5.41) is 27.1. The highest BCUT2D eigenvalue weighted by atomic mass is 16.5. The highest BCUT2D eigenvalue weighted by molar-refractivity contribution is 6.00. The Morgan fingerprint density at radius 3 is 2.52 bits per heavy atom. The van der Waals surface area contributed by atoms with Crippen molar-refractivity contribution in [3.05, 3.63) is 95.7 Å². The van der Waals surface area contributed by atoms with Gasteiger partial charge < -0.3 is 19.8 Å². The highest BCUT2D eigenvalue weighted by Crippen LogP contribution is 2.45. The van der Waals surface area contributed by atoms with E-state index < -0.39 is 6.04 Å². The highest BCUT2D eigenvalue weighted by Gasteiger charge is 2.42. The molecule has 7 nitrogen and oxygen atoms in total. The standard InChI is InChI=1S/C26H23N3O4/c30-15-7-14-29-25(17-8-6-11-19(16-17)33-18-9-2-1-3-10-18)22-23(27-28-24(22)26(29)32)20-12-4-5-13-21(20)31/h1-6,8-13,16,25,30-31H,7,14-15H2,(H,27,28)/t25-/m1/s1. The number of fused-ring (bicyclic) bond motifs is 1.